The van der Waals surface area contributed by atoms with Gasteiger partial charge >= 0.3 is 11.9 Å². The number of ether oxygens (including phenoxy) is 3. The van der Waals surface area contributed by atoms with E-state index in [1.807, 2.05) is 0 Å². The number of carbonyl (C=O) groups excluding carboxylic acids is 2. The molecule has 2 N–H and O–H groups in total. The van der Waals surface area contributed by atoms with Gasteiger partial charge < -0.3 is 24.4 Å². The molecule has 0 bridgehead atoms. The van der Waals surface area contributed by atoms with Gasteiger partial charge in [0.1, 0.15) is 23.9 Å². The molecule has 1 fully saturated rings. The zero-order chi connectivity index (χ0) is 27.1. The van der Waals surface area contributed by atoms with Crippen LogP contribution in [0.15, 0.2) is 60.7 Å². The maximum absolute atomic E-state index is 13.3. The second-order valence-electron chi connectivity index (χ2n) is 9.22. The Balaban J connectivity index is 1.52. The average Bonchev–Trinajstić information content (AvgIpc) is 3.43. The number of carbonyl (C=O) groups is 3. The molecule has 38 heavy (non-hydrogen) atoms. The highest BCUT2D eigenvalue weighted by Crippen LogP contribution is 2.31. The van der Waals surface area contributed by atoms with Crippen molar-refractivity contribution in [2.24, 2.45) is 0 Å². The third kappa shape index (κ3) is 6.70. The smallest absolute Gasteiger partial charge is 0.335 e. The third-order valence-electron chi connectivity index (χ3n) is 6.56. The first-order valence-corrected chi connectivity index (χ1v) is 12.5. The number of phenols is 1. The Morgan fingerprint density at radius 3 is 2.29 bits per heavy atom. The summed E-state index contributed by atoms with van der Waals surface area (Å²) in [5, 5.41) is 19.6. The molecule has 198 valence electrons. The van der Waals surface area contributed by atoms with E-state index < -0.39 is 11.9 Å². The normalized spacial score (nSPS) is 13.2. The van der Waals surface area contributed by atoms with Crippen molar-refractivity contribution in [3.05, 3.63) is 88.5 Å². The average molecular weight is 519 g/mol. The van der Waals surface area contributed by atoms with Crippen LogP contribution < -0.4 is 9.47 Å². The van der Waals surface area contributed by atoms with Gasteiger partial charge in [-0.2, -0.15) is 0 Å². The molecule has 0 heterocycles. The minimum absolute atomic E-state index is 0.0935. The van der Waals surface area contributed by atoms with Crippen molar-refractivity contribution in [2.75, 3.05) is 7.11 Å². The fourth-order valence-corrected chi connectivity index (χ4v) is 4.43. The Morgan fingerprint density at radius 1 is 0.921 bits per heavy atom. The van der Waals surface area contributed by atoms with Gasteiger partial charge in [-0.1, -0.05) is 12.1 Å². The minimum Gasteiger partial charge on any atom is -0.507 e. The number of rotatable bonds is 11. The molecule has 0 aromatic heterocycles. The van der Waals surface area contributed by atoms with Crippen molar-refractivity contribution in [3.63, 3.8) is 0 Å². The van der Waals surface area contributed by atoms with Crippen molar-refractivity contribution < 1.29 is 38.8 Å². The first kappa shape index (κ1) is 26.7. The molecule has 0 saturated heterocycles. The van der Waals surface area contributed by atoms with E-state index in [0.29, 0.717) is 22.6 Å². The molecular weight excluding hydrogens is 488 g/mol. The Morgan fingerprint density at radius 2 is 1.63 bits per heavy atom. The van der Waals surface area contributed by atoms with Crippen LogP contribution in [0.1, 0.15) is 69.5 Å². The lowest BCUT2D eigenvalue weighted by atomic mass is 9.98. The third-order valence-corrected chi connectivity index (χ3v) is 6.56. The summed E-state index contributed by atoms with van der Waals surface area (Å²) in [5.41, 5.74) is 2.05. The minimum atomic E-state index is -1.01. The lowest BCUT2D eigenvalue weighted by Crippen LogP contribution is -2.11. The lowest BCUT2D eigenvalue weighted by Gasteiger charge is -2.15. The van der Waals surface area contributed by atoms with Crippen molar-refractivity contribution in [1.82, 2.24) is 0 Å². The van der Waals surface area contributed by atoms with Crippen LogP contribution in [0.2, 0.25) is 0 Å². The standard InChI is InChI=1S/C30H30O8/c1-36-28(32)15-11-21-16-22(10-14-27(21)37-18-19-6-8-20(9-7-19)30(34)35)29(33)25-13-12-24(17-26(25)31)38-23-4-2-3-5-23/h6-10,12-14,16-17,23,31H,2-5,11,15,18H2,1H3,(H,34,35). The number of ketones is 1. The molecule has 0 aliphatic heterocycles. The van der Waals surface area contributed by atoms with Gasteiger partial charge in [-0.3, -0.25) is 9.59 Å². The van der Waals surface area contributed by atoms with Gasteiger partial charge in [0, 0.05) is 18.1 Å². The maximum Gasteiger partial charge on any atom is 0.335 e. The number of carboxylic acid groups (broad SMARTS) is 1. The SMILES string of the molecule is COC(=O)CCc1cc(C(=O)c2ccc(OC3CCCC3)cc2O)ccc1OCc1ccc(C(=O)O)cc1. The number of hydrogen-bond acceptors (Lipinski definition) is 7. The molecule has 0 radical (unpaired) electrons. The quantitative estimate of drug-likeness (QED) is 0.258. The zero-order valence-electron chi connectivity index (χ0n) is 21.1. The van der Waals surface area contributed by atoms with Gasteiger partial charge in [0.2, 0.25) is 0 Å². The molecular formula is C30H30O8. The van der Waals surface area contributed by atoms with Crippen LogP contribution in [0, 0.1) is 0 Å². The first-order valence-electron chi connectivity index (χ1n) is 12.5. The van der Waals surface area contributed by atoms with E-state index in [-0.39, 0.29) is 48.2 Å². The second-order valence-corrected chi connectivity index (χ2v) is 9.22. The summed E-state index contributed by atoms with van der Waals surface area (Å²) in [7, 11) is 1.31. The number of benzene rings is 3. The molecule has 1 aliphatic carbocycles. The maximum atomic E-state index is 13.3. The van der Waals surface area contributed by atoms with Crippen molar-refractivity contribution in [3.8, 4) is 17.2 Å². The Hall–Kier alpha value is -4.33. The highest BCUT2D eigenvalue weighted by Gasteiger charge is 2.20. The first-order chi connectivity index (χ1) is 18.3. The molecule has 1 saturated carbocycles. The van der Waals surface area contributed by atoms with E-state index in [0.717, 1.165) is 31.2 Å². The summed E-state index contributed by atoms with van der Waals surface area (Å²) in [5.74, 6) is -0.920. The van der Waals surface area contributed by atoms with Gasteiger partial charge in [0.05, 0.1) is 24.3 Å². The van der Waals surface area contributed by atoms with Gasteiger partial charge in [0.25, 0.3) is 0 Å². The van der Waals surface area contributed by atoms with Crippen LogP contribution in [0.5, 0.6) is 17.2 Å². The molecule has 8 heteroatoms. The molecule has 1 aliphatic rings. The monoisotopic (exact) mass is 518 g/mol. The highest BCUT2D eigenvalue weighted by atomic mass is 16.5. The molecule has 0 spiro atoms. The van der Waals surface area contributed by atoms with Crippen molar-refractivity contribution >= 4 is 17.7 Å². The number of aromatic carboxylic acids is 1. The number of carboxylic acids is 1. The summed E-state index contributed by atoms with van der Waals surface area (Å²) in [6.07, 6.45) is 4.73. The van der Waals surface area contributed by atoms with Crippen LogP contribution in [-0.2, 0) is 22.6 Å². The van der Waals surface area contributed by atoms with Crippen LogP contribution in [0.4, 0.5) is 0 Å². The molecule has 3 aromatic carbocycles. The fraction of sp³-hybridized carbons (Fsp3) is 0.300. The number of phenolic OH excluding ortho intramolecular Hbond substituents is 1. The van der Waals surface area contributed by atoms with Crippen LogP contribution in [0.3, 0.4) is 0 Å². The molecule has 4 rings (SSSR count). The summed E-state index contributed by atoms with van der Waals surface area (Å²) in [6.45, 7) is 0.168. The summed E-state index contributed by atoms with van der Waals surface area (Å²) in [6, 6.07) is 16.0. The van der Waals surface area contributed by atoms with Gasteiger partial charge in [-0.15, -0.1) is 0 Å². The molecule has 0 amide bonds. The largest absolute Gasteiger partial charge is 0.507 e. The van der Waals surface area contributed by atoms with Crippen LogP contribution >= 0.6 is 0 Å². The van der Waals surface area contributed by atoms with E-state index in [1.54, 1.807) is 42.5 Å². The number of aryl methyl sites for hydroxylation is 1. The predicted octanol–water partition coefficient (Wildman–Crippen LogP) is 5.33. The number of hydrogen-bond donors (Lipinski definition) is 2. The topological polar surface area (TPSA) is 119 Å². The van der Waals surface area contributed by atoms with E-state index >= 15 is 0 Å². The van der Waals surface area contributed by atoms with Crippen molar-refractivity contribution in [2.45, 2.75) is 51.2 Å². The molecule has 3 aromatic rings. The Labute approximate surface area is 220 Å². The second kappa shape index (κ2) is 12.3. The van der Waals surface area contributed by atoms with E-state index in [1.165, 1.54) is 25.3 Å². The van der Waals surface area contributed by atoms with Gasteiger partial charge in [-0.25, -0.2) is 4.79 Å². The number of methoxy groups -OCH3 is 1. The van der Waals surface area contributed by atoms with Crippen molar-refractivity contribution in [1.29, 1.82) is 0 Å². The summed E-state index contributed by atoms with van der Waals surface area (Å²) >= 11 is 0. The van der Waals surface area contributed by atoms with Crippen LogP contribution in [-0.4, -0.2) is 41.1 Å². The number of esters is 1. The number of aromatic hydroxyl groups is 1. The Kier molecular flexibility index (Phi) is 8.63. The molecule has 8 nitrogen and oxygen atoms in total. The molecule has 0 unspecified atom stereocenters. The Bertz CT molecular complexity index is 1310. The lowest BCUT2D eigenvalue weighted by molar-refractivity contribution is -0.140. The van der Waals surface area contributed by atoms with E-state index in [9.17, 15) is 19.5 Å². The summed E-state index contributed by atoms with van der Waals surface area (Å²) in [4.78, 5) is 36.1. The van der Waals surface area contributed by atoms with E-state index in [4.69, 9.17) is 19.3 Å². The van der Waals surface area contributed by atoms with Crippen LogP contribution in [0.25, 0.3) is 0 Å². The van der Waals surface area contributed by atoms with E-state index in [2.05, 4.69) is 0 Å². The molecule has 0 atom stereocenters. The van der Waals surface area contributed by atoms with Gasteiger partial charge in [0.15, 0.2) is 5.78 Å². The zero-order valence-corrected chi connectivity index (χ0v) is 21.1. The fourth-order valence-electron chi connectivity index (χ4n) is 4.43. The summed E-state index contributed by atoms with van der Waals surface area (Å²) < 4.78 is 16.6. The highest BCUT2D eigenvalue weighted by molar-refractivity contribution is 6.11. The predicted molar refractivity (Wildman–Crippen MR) is 139 cm³/mol. The van der Waals surface area contributed by atoms with Gasteiger partial charge in [-0.05, 0) is 85.7 Å².